The number of aryl methyl sites for hydroxylation is 1. The first-order valence-corrected chi connectivity index (χ1v) is 5.10. The van der Waals surface area contributed by atoms with Crippen LogP contribution in [-0.2, 0) is 7.05 Å². The number of hydrogen-bond donors (Lipinski definition) is 0. The molecule has 0 amide bonds. The standard InChI is InChI=1S/C6H5N9S/c1-14-6(8-11-12-14)16-5-3-2-4-7-10-13-15(4)9-5/h2-3H,1H3. The highest BCUT2D eigenvalue weighted by atomic mass is 32.2. The van der Waals surface area contributed by atoms with Crippen molar-refractivity contribution in [3.63, 3.8) is 0 Å². The van der Waals surface area contributed by atoms with Crippen molar-refractivity contribution in [2.45, 2.75) is 10.2 Å². The third kappa shape index (κ3) is 1.48. The van der Waals surface area contributed by atoms with Crippen LogP contribution >= 0.6 is 11.8 Å². The number of tetrazole rings is 2. The minimum atomic E-state index is 0.598. The molecule has 0 atom stereocenters. The maximum absolute atomic E-state index is 4.19. The maximum atomic E-state index is 4.19. The van der Waals surface area contributed by atoms with E-state index in [9.17, 15) is 0 Å². The lowest BCUT2D eigenvalue weighted by molar-refractivity contribution is 0.661. The summed E-state index contributed by atoms with van der Waals surface area (Å²) in [6.07, 6.45) is 0. The van der Waals surface area contributed by atoms with Crippen LogP contribution in [0.3, 0.4) is 0 Å². The van der Waals surface area contributed by atoms with E-state index in [0.717, 1.165) is 5.03 Å². The lowest BCUT2D eigenvalue weighted by Gasteiger charge is -1.97. The smallest absolute Gasteiger partial charge is 0.215 e. The summed E-state index contributed by atoms with van der Waals surface area (Å²) < 4.78 is 2.92. The van der Waals surface area contributed by atoms with E-state index >= 15 is 0 Å². The molecule has 3 rings (SSSR count). The van der Waals surface area contributed by atoms with E-state index in [-0.39, 0.29) is 0 Å². The van der Waals surface area contributed by atoms with Crippen LogP contribution < -0.4 is 0 Å². The van der Waals surface area contributed by atoms with Crippen molar-refractivity contribution in [3.05, 3.63) is 12.1 Å². The zero-order chi connectivity index (χ0) is 11.0. The molecule has 3 aromatic heterocycles. The molecule has 3 aromatic rings. The zero-order valence-corrected chi connectivity index (χ0v) is 8.90. The first kappa shape index (κ1) is 9.15. The summed E-state index contributed by atoms with van der Waals surface area (Å²) in [4.78, 5) is 0. The van der Waals surface area contributed by atoms with Crippen molar-refractivity contribution in [2.75, 3.05) is 0 Å². The Morgan fingerprint density at radius 3 is 2.81 bits per heavy atom. The summed E-state index contributed by atoms with van der Waals surface area (Å²) in [5.74, 6) is 0. The molecule has 9 nitrogen and oxygen atoms in total. The quantitative estimate of drug-likeness (QED) is 0.568. The highest BCUT2D eigenvalue weighted by Gasteiger charge is 2.07. The zero-order valence-electron chi connectivity index (χ0n) is 8.09. The van der Waals surface area contributed by atoms with E-state index in [1.54, 1.807) is 17.8 Å². The Labute approximate surface area is 92.8 Å². The van der Waals surface area contributed by atoms with E-state index in [4.69, 9.17) is 0 Å². The van der Waals surface area contributed by atoms with E-state index in [1.165, 1.54) is 16.4 Å². The molecule has 0 aliphatic rings. The van der Waals surface area contributed by atoms with Crippen molar-refractivity contribution in [1.29, 1.82) is 0 Å². The van der Waals surface area contributed by atoms with Gasteiger partial charge in [0.1, 0.15) is 5.03 Å². The SMILES string of the molecule is Cn1nnnc1Sc1ccc2nnnn2n1. The van der Waals surface area contributed by atoms with Gasteiger partial charge in [-0.15, -0.1) is 19.9 Å². The summed E-state index contributed by atoms with van der Waals surface area (Å²) in [5.41, 5.74) is 0.598. The van der Waals surface area contributed by atoms with Crippen LogP contribution in [0.25, 0.3) is 5.65 Å². The van der Waals surface area contributed by atoms with Gasteiger partial charge in [-0.3, -0.25) is 0 Å². The predicted octanol–water partition coefficient (Wildman–Crippen LogP) is -0.806. The number of rotatable bonds is 2. The van der Waals surface area contributed by atoms with Gasteiger partial charge in [0.25, 0.3) is 0 Å². The van der Waals surface area contributed by atoms with Gasteiger partial charge in [-0.05, 0) is 44.7 Å². The number of hydrogen-bond acceptors (Lipinski definition) is 8. The second-order valence-electron chi connectivity index (χ2n) is 2.89. The highest BCUT2D eigenvalue weighted by molar-refractivity contribution is 7.99. The molecule has 0 unspecified atom stereocenters. The van der Waals surface area contributed by atoms with Gasteiger partial charge in [0.2, 0.25) is 5.16 Å². The summed E-state index contributed by atoms with van der Waals surface area (Å²) in [6, 6.07) is 3.59. The first-order valence-electron chi connectivity index (χ1n) is 4.28. The van der Waals surface area contributed by atoms with E-state index < -0.39 is 0 Å². The molecule has 80 valence electrons. The third-order valence-corrected chi connectivity index (χ3v) is 2.78. The van der Waals surface area contributed by atoms with Crippen molar-refractivity contribution < 1.29 is 0 Å². The van der Waals surface area contributed by atoms with Gasteiger partial charge in [0.15, 0.2) is 5.65 Å². The van der Waals surface area contributed by atoms with Crippen LogP contribution in [-0.4, -0.2) is 45.5 Å². The van der Waals surface area contributed by atoms with Crippen molar-refractivity contribution in [1.82, 2.24) is 45.5 Å². The number of nitrogens with zero attached hydrogens (tertiary/aromatic N) is 9. The molecule has 0 aliphatic carbocycles. The second kappa shape index (κ2) is 3.48. The number of aromatic nitrogens is 9. The topological polar surface area (TPSA) is 99.6 Å². The second-order valence-corrected chi connectivity index (χ2v) is 3.87. The lowest BCUT2D eigenvalue weighted by atomic mass is 10.6. The molecule has 10 heteroatoms. The average Bonchev–Trinajstić information content (AvgIpc) is 2.88. The van der Waals surface area contributed by atoms with Crippen LogP contribution in [0.2, 0.25) is 0 Å². The van der Waals surface area contributed by atoms with Crippen molar-refractivity contribution in [2.24, 2.45) is 7.05 Å². The molecular formula is C6H5N9S. The van der Waals surface area contributed by atoms with Gasteiger partial charge in [0.05, 0.1) is 0 Å². The van der Waals surface area contributed by atoms with Crippen LogP contribution in [0.4, 0.5) is 0 Å². The Kier molecular flexibility index (Phi) is 1.99. The van der Waals surface area contributed by atoms with Crippen LogP contribution in [0.5, 0.6) is 0 Å². The fourth-order valence-electron chi connectivity index (χ4n) is 1.09. The minimum Gasteiger partial charge on any atom is -0.223 e. The molecule has 16 heavy (non-hydrogen) atoms. The Balaban J connectivity index is 1.97. The molecule has 3 heterocycles. The summed E-state index contributed by atoms with van der Waals surface area (Å²) in [5, 5.41) is 27.6. The largest absolute Gasteiger partial charge is 0.223 e. The van der Waals surface area contributed by atoms with Crippen LogP contribution in [0.15, 0.2) is 22.3 Å². The van der Waals surface area contributed by atoms with Crippen molar-refractivity contribution in [3.8, 4) is 0 Å². The maximum Gasteiger partial charge on any atom is 0.215 e. The van der Waals surface area contributed by atoms with Gasteiger partial charge in [0, 0.05) is 7.05 Å². The predicted molar refractivity (Wildman–Crippen MR) is 51.5 cm³/mol. The fourth-order valence-corrected chi connectivity index (χ4v) is 1.78. The van der Waals surface area contributed by atoms with Gasteiger partial charge in [-0.1, -0.05) is 0 Å². The van der Waals surface area contributed by atoms with Gasteiger partial charge < -0.3 is 0 Å². The summed E-state index contributed by atoms with van der Waals surface area (Å²) in [7, 11) is 1.76. The molecule has 0 aliphatic heterocycles. The average molecular weight is 235 g/mol. The summed E-state index contributed by atoms with van der Waals surface area (Å²) in [6.45, 7) is 0. The van der Waals surface area contributed by atoms with Crippen LogP contribution in [0, 0.1) is 0 Å². The molecule has 0 saturated carbocycles. The third-order valence-electron chi connectivity index (χ3n) is 1.82. The van der Waals surface area contributed by atoms with Crippen molar-refractivity contribution >= 4 is 17.4 Å². The molecule has 0 aromatic carbocycles. The van der Waals surface area contributed by atoms with Gasteiger partial charge in [-0.25, -0.2) is 4.68 Å². The molecule has 0 radical (unpaired) electrons. The van der Waals surface area contributed by atoms with Gasteiger partial charge in [-0.2, -0.15) is 0 Å². The highest BCUT2D eigenvalue weighted by Crippen LogP contribution is 2.21. The van der Waals surface area contributed by atoms with Gasteiger partial charge >= 0.3 is 0 Å². The molecule has 0 saturated heterocycles. The Morgan fingerprint density at radius 1 is 1.12 bits per heavy atom. The fraction of sp³-hybridized carbons (Fsp3) is 0.167. The number of fused-ring (bicyclic) bond motifs is 1. The molecule has 0 N–H and O–H groups in total. The Bertz CT molecular complexity index is 628. The molecular weight excluding hydrogens is 230 g/mol. The normalized spacial score (nSPS) is 11.1. The Hall–Kier alpha value is -2.10. The molecule has 0 bridgehead atoms. The monoisotopic (exact) mass is 235 g/mol. The molecule has 0 spiro atoms. The van der Waals surface area contributed by atoms with E-state index in [2.05, 4.69) is 36.1 Å². The van der Waals surface area contributed by atoms with Crippen LogP contribution in [0.1, 0.15) is 0 Å². The van der Waals surface area contributed by atoms with E-state index in [0.29, 0.717) is 10.8 Å². The molecule has 0 fully saturated rings. The minimum absolute atomic E-state index is 0.598. The Morgan fingerprint density at radius 2 is 2.00 bits per heavy atom. The summed E-state index contributed by atoms with van der Waals surface area (Å²) >= 11 is 1.34. The lowest BCUT2D eigenvalue weighted by Crippen LogP contribution is -1.97. The van der Waals surface area contributed by atoms with E-state index in [1.807, 2.05) is 6.07 Å². The first-order chi connectivity index (χ1) is 7.83.